The fraction of sp³-hybridized carbons (Fsp3) is 0.571. The van der Waals surface area contributed by atoms with Crippen LogP contribution in [-0.2, 0) is 9.84 Å². The molecule has 0 fully saturated rings. The highest BCUT2D eigenvalue weighted by molar-refractivity contribution is 9.09. The van der Waals surface area contributed by atoms with E-state index in [1.807, 2.05) is 0 Å². The molecule has 0 saturated carbocycles. The standard InChI is InChI=1S/C14H21BrO2S/c1-3-18(16,17)10-4-5-14(11-15)13-8-6-12(2)7-9-13/h6-9,14H,3-5,10-11H2,1-2H3. The van der Waals surface area contributed by atoms with E-state index in [9.17, 15) is 8.42 Å². The van der Waals surface area contributed by atoms with Gasteiger partial charge in [-0.05, 0) is 31.2 Å². The Bertz CT molecular complexity index is 451. The van der Waals surface area contributed by atoms with Gasteiger partial charge in [0.05, 0.1) is 5.75 Å². The highest BCUT2D eigenvalue weighted by atomic mass is 79.9. The number of rotatable bonds is 7. The molecule has 1 atom stereocenters. The molecular formula is C14H21BrO2S. The molecule has 0 aromatic heterocycles. The third-order valence-electron chi connectivity index (χ3n) is 3.18. The Hall–Kier alpha value is -0.350. The van der Waals surface area contributed by atoms with Gasteiger partial charge in [0, 0.05) is 11.1 Å². The molecular weight excluding hydrogens is 312 g/mol. The maximum Gasteiger partial charge on any atom is 0.150 e. The van der Waals surface area contributed by atoms with Crippen LogP contribution in [0, 0.1) is 6.92 Å². The summed E-state index contributed by atoms with van der Waals surface area (Å²) in [6.45, 7) is 3.78. The molecule has 102 valence electrons. The summed E-state index contributed by atoms with van der Waals surface area (Å²) in [6, 6.07) is 8.48. The third kappa shape index (κ3) is 5.11. The number of halogens is 1. The van der Waals surface area contributed by atoms with Gasteiger partial charge in [0.15, 0.2) is 0 Å². The summed E-state index contributed by atoms with van der Waals surface area (Å²) in [5, 5.41) is 0.877. The fourth-order valence-electron chi connectivity index (χ4n) is 1.87. The maximum atomic E-state index is 11.4. The van der Waals surface area contributed by atoms with Gasteiger partial charge in [-0.15, -0.1) is 0 Å². The minimum atomic E-state index is -2.83. The van der Waals surface area contributed by atoms with Crippen LogP contribution in [0.25, 0.3) is 0 Å². The van der Waals surface area contributed by atoms with Gasteiger partial charge in [-0.3, -0.25) is 0 Å². The molecule has 0 bridgehead atoms. The van der Waals surface area contributed by atoms with Gasteiger partial charge in [-0.2, -0.15) is 0 Å². The predicted octanol–water partition coefficient (Wildman–Crippen LogP) is 3.69. The van der Waals surface area contributed by atoms with Crippen molar-refractivity contribution in [1.82, 2.24) is 0 Å². The molecule has 18 heavy (non-hydrogen) atoms. The zero-order valence-electron chi connectivity index (χ0n) is 11.0. The molecule has 1 aromatic carbocycles. The van der Waals surface area contributed by atoms with Crippen LogP contribution >= 0.6 is 15.9 Å². The molecule has 0 aliphatic carbocycles. The molecule has 1 unspecified atom stereocenters. The second kappa shape index (κ2) is 7.29. The van der Waals surface area contributed by atoms with Gasteiger partial charge in [0.1, 0.15) is 9.84 Å². The average Bonchev–Trinajstić information content (AvgIpc) is 2.36. The van der Waals surface area contributed by atoms with Crippen molar-refractivity contribution in [2.24, 2.45) is 0 Å². The van der Waals surface area contributed by atoms with E-state index in [1.54, 1.807) is 6.92 Å². The minimum Gasteiger partial charge on any atom is -0.229 e. The zero-order valence-corrected chi connectivity index (χ0v) is 13.4. The van der Waals surface area contributed by atoms with Crippen molar-refractivity contribution in [1.29, 1.82) is 0 Å². The molecule has 0 N–H and O–H groups in total. The van der Waals surface area contributed by atoms with E-state index in [-0.39, 0.29) is 5.75 Å². The van der Waals surface area contributed by atoms with Crippen LogP contribution in [0.2, 0.25) is 0 Å². The van der Waals surface area contributed by atoms with Crippen LogP contribution in [0.15, 0.2) is 24.3 Å². The summed E-state index contributed by atoms with van der Waals surface area (Å²) in [7, 11) is -2.83. The molecule has 0 heterocycles. The van der Waals surface area contributed by atoms with E-state index >= 15 is 0 Å². The largest absolute Gasteiger partial charge is 0.229 e. The highest BCUT2D eigenvalue weighted by Crippen LogP contribution is 2.24. The SMILES string of the molecule is CCS(=O)(=O)CCCC(CBr)c1ccc(C)cc1. The molecule has 0 radical (unpaired) electrons. The van der Waals surface area contributed by atoms with Crippen molar-refractivity contribution in [2.75, 3.05) is 16.8 Å². The Kier molecular flexibility index (Phi) is 6.36. The summed E-state index contributed by atoms with van der Waals surface area (Å²) in [5.41, 5.74) is 2.53. The minimum absolute atomic E-state index is 0.247. The molecule has 0 aliphatic rings. The molecule has 0 saturated heterocycles. The lowest BCUT2D eigenvalue weighted by Crippen LogP contribution is -2.10. The summed E-state index contributed by atoms with van der Waals surface area (Å²) in [6.07, 6.45) is 1.65. The van der Waals surface area contributed by atoms with E-state index in [2.05, 4.69) is 47.1 Å². The first-order chi connectivity index (χ1) is 8.48. The number of aryl methyl sites for hydroxylation is 1. The number of alkyl halides is 1. The van der Waals surface area contributed by atoms with Gasteiger partial charge >= 0.3 is 0 Å². The molecule has 1 rings (SSSR count). The molecule has 4 heteroatoms. The first-order valence-electron chi connectivity index (χ1n) is 6.31. The van der Waals surface area contributed by atoms with Crippen LogP contribution in [0.4, 0.5) is 0 Å². The van der Waals surface area contributed by atoms with Gasteiger partial charge in [0.2, 0.25) is 0 Å². The zero-order chi connectivity index (χ0) is 13.6. The van der Waals surface area contributed by atoms with E-state index in [1.165, 1.54) is 11.1 Å². The Labute approximate surface area is 119 Å². The number of sulfone groups is 1. The van der Waals surface area contributed by atoms with E-state index in [4.69, 9.17) is 0 Å². The summed E-state index contributed by atoms with van der Waals surface area (Å²) >= 11 is 3.52. The van der Waals surface area contributed by atoms with Crippen molar-refractivity contribution in [3.05, 3.63) is 35.4 Å². The van der Waals surface area contributed by atoms with Gasteiger partial charge in [-0.25, -0.2) is 8.42 Å². The topological polar surface area (TPSA) is 34.1 Å². The van der Waals surface area contributed by atoms with Crippen LogP contribution in [-0.4, -0.2) is 25.3 Å². The third-order valence-corrected chi connectivity index (χ3v) is 5.75. The smallest absolute Gasteiger partial charge is 0.150 e. The number of benzene rings is 1. The van der Waals surface area contributed by atoms with Crippen molar-refractivity contribution in [3.63, 3.8) is 0 Å². The normalized spacial score (nSPS) is 13.5. The summed E-state index contributed by atoms with van der Waals surface area (Å²) in [5.74, 6) is 0.952. The van der Waals surface area contributed by atoms with Crippen LogP contribution in [0.5, 0.6) is 0 Å². The Morgan fingerprint density at radius 1 is 1.22 bits per heavy atom. The van der Waals surface area contributed by atoms with Crippen LogP contribution < -0.4 is 0 Å². The quantitative estimate of drug-likeness (QED) is 0.713. The lowest BCUT2D eigenvalue weighted by molar-refractivity contribution is 0.588. The van der Waals surface area contributed by atoms with Gasteiger partial charge in [0.25, 0.3) is 0 Å². The van der Waals surface area contributed by atoms with Gasteiger partial charge in [-0.1, -0.05) is 52.7 Å². The average molecular weight is 333 g/mol. The van der Waals surface area contributed by atoms with E-state index < -0.39 is 9.84 Å². The Morgan fingerprint density at radius 3 is 2.33 bits per heavy atom. The second-order valence-corrected chi connectivity index (χ2v) is 7.76. The molecule has 0 aliphatic heterocycles. The molecule has 0 amide bonds. The molecule has 2 nitrogen and oxygen atoms in total. The highest BCUT2D eigenvalue weighted by Gasteiger charge is 2.13. The van der Waals surface area contributed by atoms with Gasteiger partial charge < -0.3 is 0 Å². The predicted molar refractivity (Wildman–Crippen MR) is 81.3 cm³/mol. The first-order valence-corrected chi connectivity index (χ1v) is 9.25. The monoisotopic (exact) mass is 332 g/mol. The Morgan fingerprint density at radius 2 is 1.83 bits per heavy atom. The van der Waals surface area contributed by atoms with Crippen molar-refractivity contribution >= 4 is 25.8 Å². The lowest BCUT2D eigenvalue weighted by atomic mass is 9.96. The number of hydrogen-bond donors (Lipinski definition) is 0. The van der Waals surface area contributed by atoms with Crippen LogP contribution in [0.1, 0.15) is 36.8 Å². The molecule has 0 spiro atoms. The lowest BCUT2D eigenvalue weighted by Gasteiger charge is -2.14. The van der Waals surface area contributed by atoms with E-state index in [0.717, 1.165) is 18.2 Å². The molecule has 1 aromatic rings. The number of hydrogen-bond acceptors (Lipinski definition) is 2. The Balaban J connectivity index is 2.55. The summed E-state index contributed by atoms with van der Waals surface area (Å²) < 4.78 is 22.9. The maximum absolute atomic E-state index is 11.4. The summed E-state index contributed by atoms with van der Waals surface area (Å²) in [4.78, 5) is 0. The second-order valence-electron chi connectivity index (χ2n) is 4.64. The van der Waals surface area contributed by atoms with Crippen LogP contribution in [0.3, 0.4) is 0 Å². The van der Waals surface area contributed by atoms with Crippen molar-refractivity contribution in [3.8, 4) is 0 Å². The van der Waals surface area contributed by atoms with Crippen molar-refractivity contribution in [2.45, 2.75) is 32.6 Å². The fourth-order valence-corrected chi connectivity index (χ4v) is 3.46. The van der Waals surface area contributed by atoms with E-state index in [0.29, 0.717) is 11.7 Å². The first kappa shape index (κ1) is 15.7. The van der Waals surface area contributed by atoms with Crippen molar-refractivity contribution < 1.29 is 8.42 Å².